The zero-order chi connectivity index (χ0) is 18.6. The molecule has 0 aliphatic carbocycles. The van der Waals surface area contributed by atoms with Crippen LogP contribution < -0.4 is 16.0 Å². The highest BCUT2D eigenvalue weighted by molar-refractivity contribution is 14.1. The number of aromatic nitrogens is 3. The normalized spacial score (nSPS) is 16.1. The minimum absolute atomic E-state index is 0.427. The van der Waals surface area contributed by atoms with Gasteiger partial charge in [-0.2, -0.15) is 4.98 Å². The summed E-state index contributed by atoms with van der Waals surface area (Å²) in [5.41, 5.74) is 5.86. The number of benzene rings is 1. The number of H-pyrrole nitrogens is 1. The lowest BCUT2D eigenvalue weighted by molar-refractivity contribution is 0.497. The van der Waals surface area contributed by atoms with E-state index in [4.69, 9.17) is 0 Å². The van der Waals surface area contributed by atoms with Crippen LogP contribution in [0.25, 0.3) is 11.2 Å². The number of nitrogens with one attached hydrogen (secondary N) is 4. The Bertz CT molecular complexity index is 889. The van der Waals surface area contributed by atoms with Gasteiger partial charge in [-0.25, -0.2) is 4.98 Å². The Morgan fingerprint density at radius 3 is 3.07 bits per heavy atom. The van der Waals surface area contributed by atoms with Crippen molar-refractivity contribution in [1.82, 2.24) is 20.3 Å². The average Bonchev–Trinajstić information content (AvgIpc) is 3.10. The third kappa shape index (κ3) is 4.19. The van der Waals surface area contributed by atoms with Gasteiger partial charge in [0.1, 0.15) is 0 Å². The molecule has 3 heterocycles. The highest BCUT2D eigenvalue weighted by Gasteiger charge is 2.21. The lowest BCUT2D eigenvalue weighted by Crippen LogP contribution is -2.30. The van der Waals surface area contributed by atoms with Crippen molar-refractivity contribution in [3.8, 4) is 0 Å². The predicted octanol–water partition coefficient (Wildman–Crippen LogP) is 4.07. The molecule has 0 radical (unpaired) electrons. The molecule has 1 aliphatic heterocycles. The first kappa shape index (κ1) is 18.5. The Balaban J connectivity index is 1.30. The Morgan fingerprint density at radius 2 is 2.22 bits per heavy atom. The molecular formula is C20H25IN6. The number of nitrogens with zero attached hydrogens (tertiary/aromatic N) is 2. The first-order chi connectivity index (χ1) is 13.2. The number of hydrogen-bond acceptors (Lipinski definition) is 5. The third-order valence-corrected chi connectivity index (χ3v) is 5.84. The van der Waals surface area contributed by atoms with Crippen LogP contribution in [-0.2, 0) is 6.42 Å². The summed E-state index contributed by atoms with van der Waals surface area (Å²) in [6.07, 6.45) is 5.00. The van der Waals surface area contributed by atoms with E-state index in [9.17, 15) is 0 Å². The summed E-state index contributed by atoms with van der Waals surface area (Å²) >= 11 is 2.45. The average molecular weight is 476 g/mol. The van der Waals surface area contributed by atoms with Crippen LogP contribution in [0.2, 0.25) is 0 Å². The molecule has 0 unspecified atom stereocenters. The zero-order valence-electron chi connectivity index (χ0n) is 15.5. The summed E-state index contributed by atoms with van der Waals surface area (Å²) in [6.45, 7) is 5.09. The fourth-order valence-electron chi connectivity index (χ4n) is 3.56. The number of hydrogen-bond donors (Lipinski definition) is 4. The molecular weight excluding hydrogens is 451 g/mol. The van der Waals surface area contributed by atoms with Gasteiger partial charge in [0.05, 0.1) is 11.2 Å². The van der Waals surface area contributed by atoms with Crippen LogP contribution in [0, 0.1) is 3.57 Å². The quantitative estimate of drug-likeness (QED) is 0.306. The minimum atomic E-state index is 0.427. The molecule has 4 N–H and O–H groups in total. The maximum atomic E-state index is 4.45. The molecule has 3 aromatic rings. The molecule has 1 aliphatic rings. The van der Waals surface area contributed by atoms with Crippen molar-refractivity contribution in [3.63, 3.8) is 0 Å². The van der Waals surface area contributed by atoms with Crippen molar-refractivity contribution in [2.45, 2.75) is 32.2 Å². The van der Waals surface area contributed by atoms with Crippen molar-refractivity contribution in [3.05, 3.63) is 45.2 Å². The van der Waals surface area contributed by atoms with Crippen LogP contribution in [0.3, 0.4) is 0 Å². The summed E-state index contributed by atoms with van der Waals surface area (Å²) in [6, 6.07) is 8.98. The van der Waals surface area contributed by atoms with Gasteiger partial charge in [-0.3, -0.25) is 0 Å². The number of anilines is 2. The minimum Gasteiger partial charge on any atom is -0.384 e. The van der Waals surface area contributed by atoms with Crippen LogP contribution >= 0.6 is 22.6 Å². The number of imidazole rings is 1. The van der Waals surface area contributed by atoms with Crippen molar-refractivity contribution < 1.29 is 0 Å². The van der Waals surface area contributed by atoms with E-state index >= 15 is 0 Å². The topological polar surface area (TPSA) is 77.7 Å². The van der Waals surface area contributed by atoms with Gasteiger partial charge in [0.2, 0.25) is 5.95 Å². The van der Waals surface area contributed by atoms with Gasteiger partial charge < -0.3 is 20.9 Å². The van der Waals surface area contributed by atoms with E-state index in [-0.39, 0.29) is 0 Å². The van der Waals surface area contributed by atoms with E-state index in [0.717, 1.165) is 56.0 Å². The Morgan fingerprint density at radius 1 is 1.30 bits per heavy atom. The second-order valence-electron chi connectivity index (χ2n) is 6.86. The molecule has 27 heavy (non-hydrogen) atoms. The smallest absolute Gasteiger partial charge is 0.202 e. The fourth-order valence-corrected chi connectivity index (χ4v) is 4.46. The lowest BCUT2D eigenvalue weighted by atomic mass is 9.95. The van der Waals surface area contributed by atoms with E-state index in [1.807, 2.05) is 12.1 Å². The monoisotopic (exact) mass is 476 g/mol. The van der Waals surface area contributed by atoms with Crippen molar-refractivity contribution in [2.24, 2.45) is 0 Å². The van der Waals surface area contributed by atoms with Crippen LogP contribution in [0.5, 0.6) is 0 Å². The van der Waals surface area contributed by atoms with Gasteiger partial charge in [0.25, 0.3) is 0 Å². The highest BCUT2D eigenvalue weighted by atomic mass is 127. The van der Waals surface area contributed by atoms with Crippen molar-refractivity contribution >= 4 is 45.4 Å². The summed E-state index contributed by atoms with van der Waals surface area (Å²) in [7, 11) is 0. The van der Waals surface area contributed by atoms with Crippen molar-refractivity contribution in [2.75, 3.05) is 30.3 Å². The summed E-state index contributed by atoms with van der Waals surface area (Å²) < 4.78 is 1.33. The summed E-state index contributed by atoms with van der Waals surface area (Å²) in [5.74, 6) is 0.790. The third-order valence-electron chi connectivity index (χ3n) is 4.99. The van der Waals surface area contributed by atoms with Gasteiger partial charge in [-0.05, 0) is 77.7 Å². The van der Waals surface area contributed by atoms with Crippen LogP contribution in [0.4, 0.5) is 11.6 Å². The number of fused-ring (bicyclic) bond motifs is 2. The molecule has 2 aromatic heterocycles. The second-order valence-corrected chi connectivity index (χ2v) is 8.02. The second kappa shape index (κ2) is 8.43. The maximum absolute atomic E-state index is 4.45. The van der Waals surface area contributed by atoms with E-state index in [0.29, 0.717) is 6.04 Å². The first-order valence-electron chi connectivity index (χ1n) is 9.58. The Kier molecular flexibility index (Phi) is 5.77. The molecule has 4 rings (SSSR count). The fraction of sp³-hybridized carbons (Fsp3) is 0.400. The molecule has 0 bridgehead atoms. The SMILES string of the molecule is CCc1cc(I)c2c(c1)[C@H](NCCCNc1nc3ncccc3[nH]1)CCN2. The molecule has 7 heteroatoms. The number of pyridine rings is 1. The molecule has 0 spiro atoms. The molecule has 6 nitrogen and oxygen atoms in total. The zero-order valence-corrected chi connectivity index (χ0v) is 17.6. The molecule has 0 fully saturated rings. The maximum Gasteiger partial charge on any atom is 0.202 e. The first-order valence-corrected chi connectivity index (χ1v) is 10.7. The van der Waals surface area contributed by atoms with Crippen LogP contribution in [0.15, 0.2) is 30.5 Å². The molecule has 1 aromatic carbocycles. The standard InChI is InChI=1S/C20H25IN6/c1-2-13-11-14-16(6-10-23-18(14)15(21)12-13)22-8-4-9-25-20-26-17-5-3-7-24-19(17)27-20/h3,5,7,11-12,16,22-23H,2,4,6,8-10H2,1H3,(H2,24,25,26,27)/t16-/m1/s1. The van der Waals surface area contributed by atoms with E-state index in [1.54, 1.807) is 6.20 Å². The molecule has 0 saturated heterocycles. The number of halogens is 1. The van der Waals surface area contributed by atoms with Gasteiger partial charge in [0.15, 0.2) is 5.65 Å². The largest absolute Gasteiger partial charge is 0.384 e. The predicted molar refractivity (Wildman–Crippen MR) is 119 cm³/mol. The molecule has 0 amide bonds. The van der Waals surface area contributed by atoms with Gasteiger partial charge in [-0.15, -0.1) is 0 Å². The number of rotatable bonds is 7. The highest BCUT2D eigenvalue weighted by Crippen LogP contribution is 2.34. The van der Waals surface area contributed by atoms with E-state index < -0.39 is 0 Å². The van der Waals surface area contributed by atoms with Crippen LogP contribution in [0.1, 0.15) is 36.9 Å². The number of aromatic amines is 1. The van der Waals surface area contributed by atoms with E-state index in [2.05, 4.69) is 72.5 Å². The molecule has 1 atom stereocenters. The molecule has 142 valence electrons. The summed E-state index contributed by atoms with van der Waals surface area (Å²) in [4.78, 5) is 12.0. The van der Waals surface area contributed by atoms with E-state index in [1.165, 1.54) is 20.4 Å². The number of aryl methyl sites for hydroxylation is 1. The summed E-state index contributed by atoms with van der Waals surface area (Å²) in [5, 5.41) is 10.7. The lowest BCUT2D eigenvalue weighted by Gasteiger charge is -2.29. The van der Waals surface area contributed by atoms with Gasteiger partial charge in [-0.1, -0.05) is 13.0 Å². The molecule has 0 saturated carbocycles. The Hall–Kier alpha value is -1.87. The van der Waals surface area contributed by atoms with Gasteiger partial charge in [0, 0.05) is 28.9 Å². The van der Waals surface area contributed by atoms with Crippen molar-refractivity contribution in [1.29, 1.82) is 0 Å². The van der Waals surface area contributed by atoms with Gasteiger partial charge >= 0.3 is 0 Å². The van der Waals surface area contributed by atoms with Crippen LogP contribution in [-0.4, -0.2) is 34.6 Å². The Labute approximate surface area is 173 Å².